The van der Waals surface area contributed by atoms with Gasteiger partial charge in [0.05, 0.1) is 40.8 Å². The van der Waals surface area contributed by atoms with E-state index in [0.29, 0.717) is 38.9 Å². The number of benzene rings is 2. The number of aromatic nitrogens is 4. The number of fused-ring (bicyclic) bond motifs is 2. The van der Waals surface area contributed by atoms with Gasteiger partial charge in [-0.2, -0.15) is 10.1 Å². The van der Waals surface area contributed by atoms with Crippen LogP contribution in [0.1, 0.15) is 23.6 Å². The molecule has 2 fully saturated rings. The van der Waals surface area contributed by atoms with E-state index in [2.05, 4.69) is 14.7 Å². The fraction of sp³-hybridized carbons (Fsp3) is 0.333. The summed E-state index contributed by atoms with van der Waals surface area (Å²) in [5.41, 5.74) is 9.14. The van der Waals surface area contributed by atoms with Gasteiger partial charge in [-0.05, 0) is 36.2 Å². The maximum atomic E-state index is 14.2. The summed E-state index contributed by atoms with van der Waals surface area (Å²) in [6.45, 7) is 3.15. The van der Waals surface area contributed by atoms with Crippen LogP contribution in [-0.4, -0.2) is 66.6 Å². The highest BCUT2D eigenvalue weighted by Crippen LogP contribution is 2.44. The molecule has 0 aliphatic carbocycles. The van der Waals surface area contributed by atoms with Gasteiger partial charge in [0, 0.05) is 55.1 Å². The molecular formula is C30H29F2N7O4S2. The Kier molecular flexibility index (Phi) is 7.02. The van der Waals surface area contributed by atoms with E-state index < -0.39 is 33.5 Å². The summed E-state index contributed by atoms with van der Waals surface area (Å²) >= 11 is 1.50. The van der Waals surface area contributed by atoms with E-state index in [4.69, 9.17) is 20.4 Å². The number of amides is 1. The first kappa shape index (κ1) is 29.5. The van der Waals surface area contributed by atoms with Gasteiger partial charge in [-0.25, -0.2) is 22.2 Å². The number of sulfonamides is 1. The zero-order valence-corrected chi connectivity index (χ0v) is 26.0. The third kappa shape index (κ3) is 5.59. The Morgan fingerprint density at radius 3 is 2.51 bits per heavy atom. The Labute approximate surface area is 261 Å². The molecule has 0 unspecified atom stereocenters. The van der Waals surface area contributed by atoms with Crippen molar-refractivity contribution in [3.8, 4) is 11.1 Å². The maximum Gasteiger partial charge on any atom is 0.231 e. The van der Waals surface area contributed by atoms with E-state index in [1.807, 2.05) is 12.1 Å². The lowest BCUT2D eigenvalue weighted by Gasteiger charge is -2.54. The van der Waals surface area contributed by atoms with Crippen molar-refractivity contribution in [3.05, 3.63) is 65.4 Å². The molecule has 1 spiro atoms. The number of para-hydroxylation sites is 1. The second kappa shape index (κ2) is 10.7. The summed E-state index contributed by atoms with van der Waals surface area (Å²) in [5, 5.41) is 5.80. The Hall–Kier alpha value is -4.21. The average molecular weight is 654 g/mol. The quantitative estimate of drug-likeness (QED) is 0.244. The molecule has 15 heteroatoms. The van der Waals surface area contributed by atoms with Crippen molar-refractivity contribution in [2.24, 2.45) is 18.2 Å². The van der Waals surface area contributed by atoms with E-state index >= 15 is 0 Å². The number of primary amides is 1. The maximum absolute atomic E-state index is 14.2. The minimum absolute atomic E-state index is 0.0804. The molecule has 5 heterocycles. The fourth-order valence-corrected chi connectivity index (χ4v) is 7.78. The molecule has 11 nitrogen and oxygen atoms in total. The van der Waals surface area contributed by atoms with Crippen molar-refractivity contribution < 1.29 is 26.7 Å². The molecule has 7 rings (SSSR count). The first-order valence-electron chi connectivity index (χ1n) is 14.2. The number of carbonyl (C=O) groups is 1. The first-order valence-corrected chi connectivity index (χ1v) is 16.9. The lowest BCUT2D eigenvalue weighted by molar-refractivity contribution is -0.127. The van der Waals surface area contributed by atoms with E-state index in [1.54, 1.807) is 23.9 Å². The number of thiazole rings is 1. The highest BCUT2D eigenvalue weighted by molar-refractivity contribution is 7.92. The minimum Gasteiger partial charge on any atom is -0.380 e. The Balaban J connectivity index is 1.41. The molecule has 0 radical (unpaired) electrons. The second-order valence-electron chi connectivity index (χ2n) is 12.0. The van der Waals surface area contributed by atoms with Crippen LogP contribution in [0.5, 0.6) is 0 Å². The number of rotatable bonds is 9. The lowest BCUT2D eigenvalue weighted by atomic mass is 9.78. The molecule has 3 N–H and O–H groups in total. The molecule has 2 aliphatic rings. The lowest BCUT2D eigenvalue weighted by Crippen LogP contribution is -2.66. The van der Waals surface area contributed by atoms with E-state index in [9.17, 15) is 22.0 Å². The number of aryl methyl sites for hydroxylation is 1. The van der Waals surface area contributed by atoms with Gasteiger partial charge in [0.2, 0.25) is 15.9 Å². The van der Waals surface area contributed by atoms with Crippen molar-refractivity contribution in [1.29, 1.82) is 0 Å². The summed E-state index contributed by atoms with van der Waals surface area (Å²) in [6, 6.07) is 10.6. The number of nitrogens with two attached hydrogens (primary N) is 1. The topological polar surface area (TPSA) is 145 Å². The van der Waals surface area contributed by atoms with Crippen molar-refractivity contribution in [3.63, 3.8) is 0 Å². The third-order valence-corrected chi connectivity index (χ3v) is 9.83. The van der Waals surface area contributed by atoms with E-state index in [1.165, 1.54) is 23.5 Å². The number of anilines is 2. The number of nitrogens with one attached hydrogen (secondary N) is 1. The van der Waals surface area contributed by atoms with E-state index in [-0.39, 0.29) is 24.1 Å². The van der Waals surface area contributed by atoms with Gasteiger partial charge in [-0.3, -0.25) is 14.2 Å². The van der Waals surface area contributed by atoms with Crippen molar-refractivity contribution in [2.75, 3.05) is 42.2 Å². The zero-order chi connectivity index (χ0) is 31.7. The number of halogens is 2. The van der Waals surface area contributed by atoms with Crippen molar-refractivity contribution in [1.82, 2.24) is 19.7 Å². The van der Waals surface area contributed by atoms with Crippen LogP contribution in [0.15, 0.2) is 42.5 Å². The van der Waals surface area contributed by atoms with Gasteiger partial charge < -0.3 is 15.4 Å². The van der Waals surface area contributed by atoms with Crippen LogP contribution in [0.4, 0.5) is 19.7 Å². The predicted molar refractivity (Wildman–Crippen MR) is 168 cm³/mol. The summed E-state index contributed by atoms with van der Waals surface area (Å²) < 4.78 is 62.9. The van der Waals surface area contributed by atoms with Crippen LogP contribution in [-0.2, 0) is 33.0 Å². The van der Waals surface area contributed by atoms with Gasteiger partial charge >= 0.3 is 0 Å². The van der Waals surface area contributed by atoms with Crippen LogP contribution in [0.25, 0.3) is 32.4 Å². The molecule has 45 heavy (non-hydrogen) atoms. The molecule has 2 aromatic carbocycles. The second-order valence-corrected chi connectivity index (χ2v) is 14.7. The Morgan fingerprint density at radius 2 is 1.87 bits per heavy atom. The van der Waals surface area contributed by atoms with Gasteiger partial charge in [-0.15, -0.1) is 0 Å². The number of pyridine rings is 1. The predicted octanol–water partition coefficient (Wildman–Crippen LogP) is 3.93. The Morgan fingerprint density at radius 1 is 1.13 bits per heavy atom. The Bertz CT molecular complexity index is 2080. The monoisotopic (exact) mass is 653 g/mol. The summed E-state index contributed by atoms with van der Waals surface area (Å²) in [5.74, 6) is -2.56. The summed E-state index contributed by atoms with van der Waals surface area (Å²) in [6.07, 6.45) is 0.991. The molecule has 3 aromatic heterocycles. The van der Waals surface area contributed by atoms with Crippen LogP contribution in [0.2, 0.25) is 0 Å². The van der Waals surface area contributed by atoms with E-state index in [0.717, 1.165) is 48.5 Å². The van der Waals surface area contributed by atoms with Gasteiger partial charge in [-0.1, -0.05) is 23.5 Å². The fourth-order valence-electron chi connectivity index (χ4n) is 6.33. The molecule has 2 aliphatic heterocycles. The molecule has 1 amide bonds. The normalized spacial score (nSPS) is 16.6. The SMILES string of the molecule is Cn1nc(NS(C)(=O)=O)c2cccc(-c3cc4sc(N5CC6(COC6)C5)nc4nc3[C@H](CC(N)=O)Cc3cc(F)cc(F)c3)c21. The zero-order valence-electron chi connectivity index (χ0n) is 24.4. The summed E-state index contributed by atoms with van der Waals surface area (Å²) in [7, 11) is -1.91. The number of hydrogen-bond acceptors (Lipinski definition) is 9. The van der Waals surface area contributed by atoms with Crippen LogP contribution in [0, 0.1) is 17.0 Å². The molecular weight excluding hydrogens is 625 g/mol. The van der Waals surface area contributed by atoms with Crippen LogP contribution >= 0.6 is 11.3 Å². The standard InChI is InChI=1S/C30H29F2N7O4S2/c1-38-26-20(4-3-5-21(26)27(36-38)37-45(2,41)42)22-11-23-28(35-29(44-23)39-12-30(13-39)14-43-15-30)34-25(22)17(9-24(33)40)6-16-7-18(31)10-19(32)8-16/h3-5,7-8,10-11,17H,6,9,12-15H2,1-2H3,(H2,33,40)(H,36,37)/t17-/m0/s1. The van der Waals surface area contributed by atoms with Gasteiger partial charge in [0.1, 0.15) is 11.6 Å². The molecule has 2 saturated heterocycles. The number of ether oxygens (including phenoxy) is 1. The van der Waals surface area contributed by atoms with Gasteiger partial charge in [0.25, 0.3) is 0 Å². The summed E-state index contributed by atoms with van der Waals surface area (Å²) in [4.78, 5) is 24.4. The minimum atomic E-state index is -3.62. The van der Waals surface area contributed by atoms with Crippen molar-refractivity contribution >= 4 is 59.5 Å². The first-order chi connectivity index (χ1) is 21.4. The third-order valence-electron chi connectivity index (χ3n) is 8.22. The number of nitrogens with zero attached hydrogens (tertiary/aromatic N) is 5. The molecule has 5 aromatic rings. The molecule has 0 saturated carbocycles. The molecule has 1 atom stereocenters. The van der Waals surface area contributed by atoms with Crippen LogP contribution in [0.3, 0.4) is 0 Å². The van der Waals surface area contributed by atoms with Crippen LogP contribution < -0.4 is 15.4 Å². The highest BCUT2D eigenvalue weighted by atomic mass is 32.2. The smallest absolute Gasteiger partial charge is 0.231 e. The molecule has 0 bridgehead atoms. The average Bonchev–Trinajstić information content (AvgIpc) is 3.44. The highest BCUT2D eigenvalue weighted by Gasteiger charge is 2.50. The number of hydrogen-bond donors (Lipinski definition) is 2. The van der Waals surface area contributed by atoms with Crippen molar-refractivity contribution in [2.45, 2.75) is 18.8 Å². The molecule has 234 valence electrons. The van der Waals surface area contributed by atoms with Gasteiger partial charge in [0.15, 0.2) is 16.6 Å². The number of carbonyl (C=O) groups excluding carboxylic acids is 1. The largest absolute Gasteiger partial charge is 0.380 e.